The zero-order valence-corrected chi connectivity index (χ0v) is 10.4. The Balaban J connectivity index is 2.31. The second-order valence-electron chi connectivity index (χ2n) is 3.47. The summed E-state index contributed by atoms with van der Waals surface area (Å²) in [5.74, 6) is 0.720. The minimum absolute atomic E-state index is 0.566. The molecule has 4 heteroatoms. The van der Waals surface area contributed by atoms with E-state index in [1.807, 2.05) is 0 Å². The van der Waals surface area contributed by atoms with Gasteiger partial charge in [-0.1, -0.05) is 49.4 Å². The van der Waals surface area contributed by atoms with Crippen LogP contribution < -0.4 is 5.32 Å². The Kier molecular flexibility index (Phi) is 5.81. The van der Waals surface area contributed by atoms with E-state index in [1.54, 1.807) is 12.3 Å². The minimum atomic E-state index is 0.566. The maximum Gasteiger partial charge on any atom is 0.144 e. The lowest BCUT2D eigenvalue weighted by atomic mass is 10.2. The summed E-state index contributed by atoms with van der Waals surface area (Å²) in [6.07, 6.45) is 6.52. The highest BCUT2D eigenvalue weighted by Gasteiger charge is 2.01. The minimum Gasteiger partial charge on any atom is -0.369 e. The number of aromatic nitrogens is 1. The molecule has 0 aliphatic rings. The van der Waals surface area contributed by atoms with Gasteiger partial charge in [0.2, 0.25) is 0 Å². The Labute approximate surface area is 101 Å². The van der Waals surface area contributed by atoms with Crippen molar-refractivity contribution in [2.45, 2.75) is 32.6 Å². The largest absolute Gasteiger partial charge is 0.369 e. The van der Waals surface area contributed by atoms with Gasteiger partial charge in [-0.25, -0.2) is 4.98 Å². The highest BCUT2D eigenvalue weighted by Crippen LogP contribution is 2.22. The van der Waals surface area contributed by atoms with Crippen LogP contribution in [0.15, 0.2) is 12.3 Å². The van der Waals surface area contributed by atoms with Gasteiger partial charge >= 0.3 is 0 Å². The first-order chi connectivity index (χ1) is 7.24. The molecule has 0 fully saturated rings. The summed E-state index contributed by atoms with van der Waals surface area (Å²) in [6.45, 7) is 3.11. The van der Waals surface area contributed by atoms with Gasteiger partial charge in [0, 0.05) is 12.7 Å². The number of halogens is 2. The molecule has 0 radical (unpaired) electrons. The van der Waals surface area contributed by atoms with Crippen molar-refractivity contribution in [3.05, 3.63) is 22.3 Å². The predicted molar refractivity (Wildman–Crippen MR) is 66.9 cm³/mol. The first-order valence-electron chi connectivity index (χ1n) is 5.29. The number of nitrogens with one attached hydrogen (secondary N) is 1. The van der Waals surface area contributed by atoms with Crippen molar-refractivity contribution in [2.75, 3.05) is 11.9 Å². The second-order valence-corrected chi connectivity index (χ2v) is 4.32. The van der Waals surface area contributed by atoms with Gasteiger partial charge in [-0.05, 0) is 12.5 Å². The standard InChI is InChI=1S/C11H16Cl2N2/c1-2-3-4-5-6-14-11-10(13)7-9(12)8-15-11/h7-8H,2-6H2,1H3,(H,14,15). The third-order valence-electron chi connectivity index (χ3n) is 2.13. The van der Waals surface area contributed by atoms with Crippen LogP contribution in [0, 0.1) is 0 Å². The molecule has 0 aliphatic carbocycles. The third kappa shape index (κ3) is 4.72. The molecule has 0 aromatic carbocycles. The van der Waals surface area contributed by atoms with Gasteiger partial charge in [0.25, 0.3) is 0 Å². The van der Waals surface area contributed by atoms with Crippen LogP contribution in [0.4, 0.5) is 5.82 Å². The normalized spacial score (nSPS) is 10.3. The van der Waals surface area contributed by atoms with E-state index in [0.717, 1.165) is 18.8 Å². The van der Waals surface area contributed by atoms with E-state index in [2.05, 4.69) is 17.2 Å². The van der Waals surface area contributed by atoms with Crippen LogP contribution in [-0.2, 0) is 0 Å². The van der Waals surface area contributed by atoms with Crippen LogP contribution in [0.5, 0.6) is 0 Å². The molecular formula is C11H16Cl2N2. The van der Waals surface area contributed by atoms with E-state index < -0.39 is 0 Å². The summed E-state index contributed by atoms with van der Waals surface area (Å²) in [6, 6.07) is 1.70. The topological polar surface area (TPSA) is 24.9 Å². The number of hydrogen-bond donors (Lipinski definition) is 1. The van der Waals surface area contributed by atoms with E-state index in [9.17, 15) is 0 Å². The van der Waals surface area contributed by atoms with Crippen LogP contribution in [-0.4, -0.2) is 11.5 Å². The molecule has 0 saturated carbocycles. The van der Waals surface area contributed by atoms with Crippen LogP contribution >= 0.6 is 23.2 Å². The van der Waals surface area contributed by atoms with Gasteiger partial charge in [0.15, 0.2) is 0 Å². The fourth-order valence-corrected chi connectivity index (χ4v) is 1.75. The van der Waals surface area contributed by atoms with E-state index >= 15 is 0 Å². The van der Waals surface area contributed by atoms with E-state index in [0.29, 0.717) is 10.0 Å². The van der Waals surface area contributed by atoms with Gasteiger partial charge in [0.05, 0.1) is 10.0 Å². The summed E-state index contributed by atoms with van der Waals surface area (Å²) in [5.41, 5.74) is 0. The SMILES string of the molecule is CCCCCCNc1ncc(Cl)cc1Cl. The molecule has 0 aliphatic heterocycles. The predicted octanol–water partition coefficient (Wildman–Crippen LogP) is 4.38. The van der Waals surface area contributed by atoms with E-state index in [1.165, 1.54) is 19.3 Å². The second kappa shape index (κ2) is 6.91. The molecule has 1 N–H and O–H groups in total. The lowest BCUT2D eigenvalue weighted by Gasteiger charge is -2.06. The molecule has 15 heavy (non-hydrogen) atoms. The molecule has 1 aromatic heterocycles. The van der Waals surface area contributed by atoms with Crippen LogP contribution in [0.1, 0.15) is 32.6 Å². The Hall–Kier alpha value is -0.470. The Morgan fingerprint density at radius 2 is 2.07 bits per heavy atom. The molecule has 1 rings (SSSR count). The Morgan fingerprint density at radius 3 is 2.73 bits per heavy atom. The fourth-order valence-electron chi connectivity index (χ4n) is 1.30. The summed E-state index contributed by atoms with van der Waals surface area (Å²) >= 11 is 11.7. The molecule has 0 atom stereocenters. The molecule has 0 spiro atoms. The molecule has 0 bridgehead atoms. The summed E-state index contributed by atoms with van der Waals surface area (Å²) in [5, 5.41) is 4.35. The molecule has 1 heterocycles. The average Bonchev–Trinajstić information content (AvgIpc) is 2.20. The number of nitrogens with zero attached hydrogens (tertiary/aromatic N) is 1. The molecule has 0 saturated heterocycles. The van der Waals surface area contributed by atoms with Crippen LogP contribution in [0.2, 0.25) is 10.0 Å². The van der Waals surface area contributed by atoms with Gasteiger partial charge in [0.1, 0.15) is 5.82 Å². The van der Waals surface area contributed by atoms with E-state index in [4.69, 9.17) is 23.2 Å². The first kappa shape index (κ1) is 12.6. The maximum absolute atomic E-state index is 5.96. The number of rotatable bonds is 6. The third-order valence-corrected chi connectivity index (χ3v) is 2.63. The first-order valence-corrected chi connectivity index (χ1v) is 6.04. The summed E-state index contributed by atoms with van der Waals surface area (Å²) in [4.78, 5) is 4.12. The highest BCUT2D eigenvalue weighted by atomic mass is 35.5. The lowest BCUT2D eigenvalue weighted by Crippen LogP contribution is -2.03. The molecular weight excluding hydrogens is 231 g/mol. The number of unbranched alkanes of at least 4 members (excludes halogenated alkanes) is 3. The zero-order valence-electron chi connectivity index (χ0n) is 8.89. The highest BCUT2D eigenvalue weighted by molar-refractivity contribution is 6.35. The van der Waals surface area contributed by atoms with Crippen molar-refractivity contribution in [1.82, 2.24) is 4.98 Å². The van der Waals surface area contributed by atoms with Gasteiger partial charge in [-0.15, -0.1) is 0 Å². The van der Waals surface area contributed by atoms with Gasteiger partial charge < -0.3 is 5.32 Å². The van der Waals surface area contributed by atoms with E-state index in [-0.39, 0.29) is 0 Å². The van der Waals surface area contributed by atoms with Crippen LogP contribution in [0.25, 0.3) is 0 Å². The van der Waals surface area contributed by atoms with Crippen molar-refractivity contribution < 1.29 is 0 Å². The zero-order chi connectivity index (χ0) is 11.1. The van der Waals surface area contributed by atoms with Crippen molar-refractivity contribution in [3.63, 3.8) is 0 Å². The summed E-state index contributed by atoms with van der Waals surface area (Å²) < 4.78 is 0. The molecule has 1 aromatic rings. The van der Waals surface area contributed by atoms with Crippen LogP contribution in [0.3, 0.4) is 0 Å². The quantitative estimate of drug-likeness (QED) is 0.754. The van der Waals surface area contributed by atoms with Crippen molar-refractivity contribution in [1.29, 1.82) is 0 Å². The molecule has 84 valence electrons. The fraction of sp³-hybridized carbons (Fsp3) is 0.545. The van der Waals surface area contributed by atoms with Crippen molar-refractivity contribution >= 4 is 29.0 Å². The average molecular weight is 247 g/mol. The van der Waals surface area contributed by atoms with Crippen molar-refractivity contribution in [3.8, 4) is 0 Å². The smallest absolute Gasteiger partial charge is 0.144 e. The van der Waals surface area contributed by atoms with Gasteiger partial charge in [-0.3, -0.25) is 0 Å². The maximum atomic E-state index is 5.96. The number of pyridine rings is 1. The Bertz CT molecular complexity index is 303. The Morgan fingerprint density at radius 1 is 1.27 bits per heavy atom. The van der Waals surface area contributed by atoms with Gasteiger partial charge in [-0.2, -0.15) is 0 Å². The molecule has 2 nitrogen and oxygen atoms in total. The number of anilines is 1. The molecule has 0 unspecified atom stereocenters. The number of hydrogen-bond acceptors (Lipinski definition) is 2. The summed E-state index contributed by atoms with van der Waals surface area (Å²) in [7, 11) is 0. The lowest BCUT2D eigenvalue weighted by molar-refractivity contribution is 0.684. The molecule has 0 amide bonds. The monoisotopic (exact) mass is 246 g/mol. The van der Waals surface area contributed by atoms with Crippen molar-refractivity contribution in [2.24, 2.45) is 0 Å².